The van der Waals surface area contributed by atoms with E-state index in [1.54, 1.807) is 7.11 Å². The van der Waals surface area contributed by atoms with Crippen LogP contribution in [0.5, 0.6) is 5.75 Å². The Bertz CT molecular complexity index is 383. The molecule has 3 nitrogen and oxygen atoms in total. The third-order valence-corrected chi connectivity index (χ3v) is 2.80. The lowest BCUT2D eigenvalue weighted by atomic mass is 10.2. The van der Waals surface area contributed by atoms with Crippen LogP contribution in [-0.2, 0) is 6.54 Å². The molecule has 1 aliphatic heterocycles. The Kier molecular flexibility index (Phi) is 3.27. The minimum absolute atomic E-state index is 0.442. The zero-order chi connectivity index (χ0) is 11.5. The Hall–Kier alpha value is -1.32. The van der Waals surface area contributed by atoms with Gasteiger partial charge in [-0.25, -0.2) is 0 Å². The monoisotopic (exact) mass is 219 g/mol. The average molecular weight is 219 g/mol. The van der Waals surface area contributed by atoms with E-state index >= 15 is 0 Å². The van der Waals surface area contributed by atoms with E-state index in [-0.39, 0.29) is 0 Å². The smallest absolute Gasteiger partial charge is 0.127 e. The van der Waals surface area contributed by atoms with Crippen molar-refractivity contribution in [1.29, 1.82) is 0 Å². The van der Waals surface area contributed by atoms with Gasteiger partial charge in [0.15, 0.2) is 0 Å². The van der Waals surface area contributed by atoms with Crippen LogP contribution in [0.2, 0.25) is 0 Å². The van der Waals surface area contributed by atoms with Gasteiger partial charge in [-0.05, 0) is 30.7 Å². The number of aliphatic hydroxyl groups is 1. The molecule has 0 amide bonds. The van der Waals surface area contributed by atoms with E-state index in [9.17, 15) is 5.11 Å². The molecule has 0 radical (unpaired) electrons. The van der Waals surface area contributed by atoms with Gasteiger partial charge in [-0.2, -0.15) is 0 Å². The molecular weight excluding hydrogens is 202 g/mol. The van der Waals surface area contributed by atoms with Crippen LogP contribution in [0.3, 0.4) is 0 Å². The Morgan fingerprint density at radius 3 is 2.56 bits per heavy atom. The van der Waals surface area contributed by atoms with Crippen LogP contribution in [0, 0.1) is 0 Å². The molecule has 0 aliphatic carbocycles. The summed E-state index contributed by atoms with van der Waals surface area (Å²) in [6.07, 6.45) is 1.45. The van der Waals surface area contributed by atoms with Crippen LogP contribution in [-0.4, -0.2) is 29.9 Å². The number of benzene rings is 1. The zero-order valence-corrected chi connectivity index (χ0v) is 9.68. The van der Waals surface area contributed by atoms with E-state index < -0.39 is 6.23 Å². The Morgan fingerprint density at radius 2 is 2.06 bits per heavy atom. The van der Waals surface area contributed by atoms with Crippen molar-refractivity contribution in [2.75, 3.05) is 13.7 Å². The van der Waals surface area contributed by atoms with Gasteiger partial charge >= 0.3 is 0 Å². The molecule has 0 fully saturated rings. The highest BCUT2D eigenvalue weighted by Crippen LogP contribution is 2.18. The molecule has 0 saturated carbocycles. The SMILES string of the molecule is COc1ccc(CN2CC(C)=CC2O)cc1. The first-order chi connectivity index (χ1) is 7.69. The van der Waals surface area contributed by atoms with Gasteiger partial charge in [0.05, 0.1) is 7.11 Å². The Labute approximate surface area is 96.0 Å². The number of hydrogen-bond donors (Lipinski definition) is 1. The molecule has 0 aromatic heterocycles. The van der Waals surface area contributed by atoms with Gasteiger partial charge in [-0.1, -0.05) is 17.7 Å². The van der Waals surface area contributed by atoms with Crippen LogP contribution in [0.15, 0.2) is 35.9 Å². The first-order valence-corrected chi connectivity index (χ1v) is 5.41. The highest BCUT2D eigenvalue weighted by molar-refractivity contribution is 5.27. The lowest BCUT2D eigenvalue weighted by Crippen LogP contribution is -2.29. The molecule has 0 bridgehead atoms. The van der Waals surface area contributed by atoms with E-state index in [0.717, 1.165) is 18.8 Å². The molecule has 16 heavy (non-hydrogen) atoms. The predicted molar refractivity (Wildman–Crippen MR) is 63.2 cm³/mol. The van der Waals surface area contributed by atoms with Crippen molar-refractivity contribution in [3.8, 4) is 5.75 Å². The maximum Gasteiger partial charge on any atom is 0.127 e. The summed E-state index contributed by atoms with van der Waals surface area (Å²) in [5.41, 5.74) is 2.41. The van der Waals surface area contributed by atoms with Crippen molar-refractivity contribution in [1.82, 2.24) is 4.90 Å². The van der Waals surface area contributed by atoms with Crippen molar-refractivity contribution in [2.24, 2.45) is 0 Å². The minimum Gasteiger partial charge on any atom is -0.497 e. The third-order valence-electron chi connectivity index (χ3n) is 2.80. The van der Waals surface area contributed by atoms with Crippen molar-refractivity contribution in [3.05, 3.63) is 41.5 Å². The predicted octanol–water partition coefficient (Wildman–Crippen LogP) is 1.78. The normalized spacial score (nSPS) is 20.9. The van der Waals surface area contributed by atoms with Gasteiger partial charge in [0.25, 0.3) is 0 Å². The molecule has 0 saturated heterocycles. The number of aliphatic hydroxyl groups excluding tert-OH is 1. The van der Waals surface area contributed by atoms with Gasteiger partial charge in [0.2, 0.25) is 0 Å². The molecular formula is C13H17NO2. The summed E-state index contributed by atoms with van der Waals surface area (Å²) in [4.78, 5) is 2.02. The summed E-state index contributed by atoms with van der Waals surface area (Å²) in [5.74, 6) is 0.861. The second-order valence-corrected chi connectivity index (χ2v) is 4.18. The number of methoxy groups -OCH3 is 1. The zero-order valence-electron chi connectivity index (χ0n) is 9.68. The number of hydrogen-bond acceptors (Lipinski definition) is 3. The highest BCUT2D eigenvalue weighted by Gasteiger charge is 2.20. The van der Waals surface area contributed by atoms with E-state index in [2.05, 4.69) is 0 Å². The summed E-state index contributed by atoms with van der Waals surface area (Å²) in [7, 11) is 1.66. The first kappa shape index (κ1) is 11.2. The van der Waals surface area contributed by atoms with Crippen LogP contribution < -0.4 is 4.74 Å². The van der Waals surface area contributed by atoms with Crippen LogP contribution in [0.25, 0.3) is 0 Å². The van der Waals surface area contributed by atoms with E-state index in [4.69, 9.17) is 4.74 Å². The fraction of sp³-hybridized carbons (Fsp3) is 0.385. The van der Waals surface area contributed by atoms with Gasteiger partial charge in [-0.3, -0.25) is 4.90 Å². The van der Waals surface area contributed by atoms with Crippen LogP contribution >= 0.6 is 0 Å². The molecule has 1 N–H and O–H groups in total. The highest BCUT2D eigenvalue weighted by atomic mass is 16.5. The molecule has 1 unspecified atom stereocenters. The molecule has 86 valence electrons. The average Bonchev–Trinajstić information content (AvgIpc) is 2.59. The molecule has 1 aliphatic rings. The quantitative estimate of drug-likeness (QED) is 0.786. The van der Waals surface area contributed by atoms with Crippen molar-refractivity contribution in [2.45, 2.75) is 19.7 Å². The van der Waals surface area contributed by atoms with Gasteiger partial charge in [0.1, 0.15) is 12.0 Å². The fourth-order valence-electron chi connectivity index (χ4n) is 1.94. The summed E-state index contributed by atoms with van der Waals surface area (Å²) < 4.78 is 5.10. The van der Waals surface area contributed by atoms with Crippen LogP contribution in [0.1, 0.15) is 12.5 Å². The molecule has 1 aromatic carbocycles. The number of rotatable bonds is 3. The van der Waals surface area contributed by atoms with E-state index in [1.807, 2.05) is 42.2 Å². The molecule has 1 heterocycles. The largest absolute Gasteiger partial charge is 0.497 e. The second-order valence-electron chi connectivity index (χ2n) is 4.18. The minimum atomic E-state index is -0.442. The van der Waals surface area contributed by atoms with Gasteiger partial charge < -0.3 is 9.84 Å². The lowest BCUT2D eigenvalue weighted by Gasteiger charge is -2.20. The lowest BCUT2D eigenvalue weighted by molar-refractivity contribution is 0.0568. The first-order valence-electron chi connectivity index (χ1n) is 5.41. The Balaban J connectivity index is 1.99. The summed E-state index contributed by atoms with van der Waals surface area (Å²) in [6, 6.07) is 7.94. The number of nitrogens with zero attached hydrogens (tertiary/aromatic N) is 1. The number of ether oxygens (including phenoxy) is 1. The fourth-order valence-corrected chi connectivity index (χ4v) is 1.94. The molecule has 1 aromatic rings. The maximum atomic E-state index is 9.75. The van der Waals surface area contributed by atoms with Crippen molar-refractivity contribution >= 4 is 0 Å². The molecule has 3 heteroatoms. The Morgan fingerprint density at radius 1 is 1.38 bits per heavy atom. The van der Waals surface area contributed by atoms with Crippen LogP contribution in [0.4, 0.5) is 0 Å². The molecule has 2 rings (SSSR count). The summed E-state index contributed by atoms with van der Waals surface area (Å²) in [5, 5.41) is 9.75. The standard InChI is InChI=1S/C13H17NO2/c1-10-7-13(15)14(8-10)9-11-3-5-12(16-2)6-4-11/h3-7,13,15H,8-9H2,1-2H3. The van der Waals surface area contributed by atoms with Crippen molar-refractivity contribution in [3.63, 3.8) is 0 Å². The molecule has 0 spiro atoms. The topological polar surface area (TPSA) is 32.7 Å². The van der Waals surface area contributed by atoms with Gasteiger partial charge in [-0.15, -0.1) is 0 Å². The maximum absolute atomic E-state index is 9.75. The third kappa shape index (κ3) is 2.43. The van der Waals surface area contributed by atoms with Crippen molar-refractivity contribution < 1.29 is 9.84 Å². The van der Waals surface area contributed by atoms with Gasteiger partial charge in [0, 0.05) is 13.1 Å². The summed E-state index contributed by atoms with van der Waals surface area (Å²) in [6.45, 7) is 3.64. The molecule has 1 atom stereocenters. The second kappa shape index (κ2) is 4.68. The summed E-state index contributed by atoms with van der Waals surface area (Å²) >= 11 is 0. The van der Waals surface area contributed by atoms with E-state index in [0.29, 0.717) is 0 Å². The van der Waals surface area contributed by atoms with E-state index in [1.165, 1.54) is 11.1 Å².